The molecular formula is C26H26ClFN2O3. The van der Waals surface area contributed by atoms with Crippen molar-refractivity contribution in [2.75, 3.05) is 7.05 Å². The van der Waals surface area contributed by atoms with Crippen LogP contribution in [0.25, 0.3) is 11.1 Å². The van der Waals surface area contributed by atoms with Crippen LogP contribution in [0.3, 0.4) is 0 Å². The number of ether oxygens (including phenoxy) is 1. The van der Waals surface area contributed by atoms with Crippen LogP contribution in [0.5, 0.6) is 5.75 Å². The predicted molar refractivity (Wildman–Crippen MR) is 128 cm³/mol. The summed E-state index contributed by atoms with van der Waals surface area (Å²) in [6.45, 7) is 3.77. The lowest BCUT2D eigenvalue weighted by molar-refractivity contribution is -0.122. The summed E-state index contributed by atoms with van der Waals surface area (Å²) < 4.78 is 19.6. The van der Waals surface area contributed by atoms with Crippen molar-refractivity contribution in [3.05, 3.63) is 88.7 Å². The summed E-state index contributed by atoms with van der Waals surface area (Å²) in [4.78, 5) is 25.2. The predicted octanol–water partition coefficient (Wildman–Crippen LogP) is 5.02. The Hall–Kier alpha value is -3.38. The van der Waals surface area contributed by atoms with Crippen molar-refractivity contribution in [2.45, 2.75) is 32.4 Å². The van der Waals surface area contributed by atoms with Crippen molar-refractivity contribution in [2.24, 2.45) is 0 Å². The minimum absolute atomic E-state index is 0.0513. The second-order valence-corrected chi connectivity index (χ2v) is 8.24. The molecule has 7 heteroatoms. The molecule has 1 atom stereocenters. The number of halogens is 2. The largest absolute Gasteiger partial charge is 0.489 e. The lowest BCUT2D eigenvalue weighted by Crippen LogP contribution is -2.47. The SMILES string of the molecule is CNC(=O)C(Cc1ccc(-c2ccccc2F)cc1)NC(=O)c1ccc(OC(C)C)c(Cl)c1. The first-order valence-electron chi connectivity index (χ1n) is 10.6. The zero-order valence-corrected chi connectivity index (χ0v) is 19.4. The maximum atomic E-state index is 14.0. The van der Waals surface area contributed by atoms with Crippen LogP contribution < -0.4 is 15.4 Å². The highest BCUT2D eigenvalue weighted by Gasteiger charge is 2.22. The third kappa shape index (κ3) is 6.33. The molecule has 0 saturated carbocycles. The van der Waals surface area contributed by atoms with Gasteiger partial charge in [-0.05, 0) is 49.2 Å². The molecule has 0 bridgehead atoms. The lowest BCUT2D eigenvalue weighted by Gasteiger charge is -2.18. The molecule has 0 spiro atoms. The maximum Gasteiger partial charge on any atom is 0.251 e. The average molecular weight is 469 g/mol. The number of rotatable bonds is 8. The molecule has 1 unspecified atom stereocenters. The van der Waals surface area contributed by atoms with E-state index in [4.69, 9.17) is 16.3 Å². The summed E-state index contributed by atoms with van der Waals surface area (Å²) in [5, 5.41) is 5.66. The van der Waals surface area contributed by atoms with Gasteiger partial charge in [-0.3, -0.25) is 9.59 Å². The molecule has 0 fully saturated rings. The Morgan fingerprint density at radius 3 is 2.33 bits per heavy atom. The van der Waals surface area contributed by atoms with Crippen molar-refractivity contribution < 1.29 is 18.7 Å². The van der Waals surface area contributed by atoms with E-state index in [0.29, 0.717) is 21.9 Å². The van der Waals surface area contributed by atoms with Gasteiger partial charge in [0, 0.05) is 24.6 Å². The van der Waals surface area contributed by atoms with E-state index >= 15 is 0 Å². The third-order valence-electron chi connectivity index (χ3n) is 5.00. The van der Waals surface area contributed by atoms with Crippen LogP contribution >= 0.6 is 11.6 Å². The first-order chi connectivity index (χ1) is 15.8. The normalized spacial score (nSPS) is 11.7. The van der Waals surface area contributed by atoms with E-state index < -0.39 is 11.9 Å². The van der Waals surface area contributed by atoms with Crippen LogP contribution in [0.1, 0.15) is 29.8 Å². The number of benzene rings is 3. The highest BCUT2D eigenvalue weighted by Crippen LogP contribution is 2.27. The second kappa shape index (κ2) is 11.0. The van der Waals surface area contributed by atoms with Gasteiger partial charge in [0.15, 0.2) is 0 Å². The highest BCUT2D eigenvalue weighted by molar-refractivity contribution is 6.32. The van der Waals surface area contributed by atoms with Gasteiger partial charge in [-0.25, -0.2) is 4.39 Å². The van der Waals surface area contributed by atoms with E-state index in [9.17, 15) is 14.0 Å². The molecule has 0 aromatic heterocycles. The summed E-state index contributed by atoms with van der Waals surface area (Å²) in [6, 6.07) is 17.7. The van der Waals surface area contributed by atoms with Gasteiger partial charge in [-0.15, -0.1) is 0 Å². The third-order valence-corrected chi connectivity index (χ3v) is 5.30. The molecule has 2 N–H and O–H groups in total. The number of amides is 2. The fourth-order valence-corrected chi connectivity index (χ4v) is 3.59. The van der Waals surface area contributed by atoms with Crippen LogP contribution in [0.2, 0.25) is 5.02 Å². The molecule has 5 nitrogen and oxygen atoms in total. The van der Waals surface area contributed by atoms with Crippen molar-refractivity contribution in [3.63, 3.8) is 0 Å². The van der Waals surface area contributed by atoms with Gasteiger partial charge in [0.1, 0.15) is 17.6 Å². The number of hydrogen-bond acceptors (Lipinski definition) is 3. The first kappa shape index (κ1) is 24.3. The average Bonchev–Trinajstić information content (AvgIpc) is 2.80. The standard InChI is InChI=1S/C26H26ClFN2O3/c1-16(2)33-24-13-12-19(15-21(24)27)25(31)30-23(26(32)29-3)14-17-8-10-18(11-9-17)20-6-4-5-7-22(20)28/h4-13,15-16,23H,14H2,1-3H3,(H,29,32)(H,30,31). The Kier molecular flexibility index (Phi) is 8.06. The highest BCUT2D eigenvalue weighted by atomic mass is 35.5. The fraction of sp³-hybridized carbons (Fsp3) is 0.231. The van der Waals surface area contributed by atoms with Gasteiger partial charge >= 0.3 is 0 Å². The maximum absolute atomic E-state index is 14.0. The van der Waals surface area contributed by atoms with Crippen molar-refractivity contribution >= 4 is 23.4 Å². The molecule has 0 heterocycles. The Morgan fingerprint density at radius 1 is 1.03 bits per heavy atom. The first-order valence-corrected chi connectivity index (χ1v) is 11.0. The van der Waals surface area contributed by atoms with Crippen LogP contribution in [0.4, 0.5) is 4.39 Å². The number of carbonyl (C=O) groups excluding carboxylic acids is 2. The van der Waals surface area contributed by atoms with Crippen LogP contribution in [0.15, 0.2) is 66.7 Å². The molecule has 3 aromatic rings. The smallest absolute Gasteiger partial charge is 0.251 e. The van der Waals surface area contributed by atoms with Gasteiger partial charge in [0.05, 0.1) is 11.1 Å². The molecule has 3 rings (SSSR count). The van der Waals surface area contributed by atoms with Crippen LogP contribution in [-0.2, 0) is 11.2 Å². The fourth-order valence-electron chi connectivity index (χ4n) is 3.37. The summed E-state index contributed by atoms with van der Waals surface area (Å²) in [6.07, 6.45) is 0.218. The van der Waals surface area contributed by atoms with E-state index in [2.05, 4.69) is 10.6 Å². The Bertz CT molecular complexity index is 1130. The molecular weight excluding hydrogens is 443 g/mol. The molecule has 0 radical (unpaired) electrons. The Morgan fingerprint density at radius 2 is 1.73 bits per heavy atom. The van der Waals surface area contributed by atoms with E-state index in [1.807, 2.05) is 26.0 Å². The monoisotopic (exact) mass is 468 g/mol. The summed E-state index contributed by atoms with van der Waals surface area (Å²) in [5.41, 5.74) is 2.38. The summed E-state index contributed by atoms with van der Waals surface area (Å²) in [5.74, 6) is -0.567. The topological polar surface area (TPSA) is 67.4 Å². The lowest BCUT2D eigenvalue weighted by atomic mass is 9.99. The number of nitrogens with one attached hydrogen (secondary N) is 2. The summed E-state index contributed by atoms with van der Waals surface area (Å²) in [7, 11) is 1.51. The summed E-state index contributed by atoms with van der Waals surface area (Å²) >= 11 is 6.24. The minimum atomic E-state index is -0.799. The second-order valence-electron chi connectivity index (χ2n) is 7.83. The van der Waals surface area contributed by atoms with Crippen LogP contribution in [-0.4, -0.2) is 31.0 Å². The van der Waals surface area contributed by atoms with Gasteiger partial charge in [-0.2, -0.15) is 0 Å². The zero-order valence-electron chi connectivity index (χ0n) is 18.7. The molecule has 0 aliphatic rings. The van der Waals surface area contributed by atoms with Crippen molar-refractivity contribution in [1.82, 2.24) is 10.6 Å². The van der Waals surface area contributed by atoms with Crippen LogP contribution in [0, 0.1) is 5.82 Å². The molecule has 0 aliphatic carbocycles. The van der Waals surface area contributed by atoms with Crippen molar-refractivity contribution in [1.29, 1.82) is 0 Å². The molecule has 2 amide bonds. The Labute approximate surface area is 197 Å². The molecule has 172 valence electrons. The molecule has 33 heavy (non-hydrogen) atoms. The number of likely N-dealkylation sites (N-methyl/N-ethyl adjacent to an activating group) is 1. The van der Waals surface area contributed by atoms with E-state index in [-0.39, 0.29) is 24.2 Å². The van der Waals surface area contributed by atoms with Gasteiger partial charge in [0.2, 0.25) is 5.91 Å². The molecule has 3 aromatic carbocycles. The van der Waals surface area contributed by atoms with Gasteiger partial charge in [0.25, 0.3) is 5.91 Å². The van der Waals surface area contributed by atoms with E-state index in [1.54, 1.807) is 42.5 Å². The quantitative estimate of drug-likeness (QED) is 0.487. The minimum Gasteiger partial charge on any atom is -0.489 e. The number of hydrogen-bond donors (Lipinski definition) is 2. The van der Waals surface area contributed by atoms with Gasteiger partial charge < -0.3 is 15.4 Å². The molecule has 0 saturated heterocycles. The van der Waals surface area contributed by atoms with E-state index in [0.717, 1.165) is 11.1 Å². The van der Waals surface area contributed by atoms with Crippen molar-refractivity contribution in [3.8, 4) is 16.9 Å². The zero-order chi connectivity index (χ0) is 24.0. The molecule has 0 aliphatic heterocycles. The van der Waals surface area contributed by atoms with E-state index in [1.165, 1.54) is 19.2 Å². The number of carbonyl (C=O) groups is 2. The Balaban J connectivity index is 1.74. The van der Waals surface area contributed by atoms with Gasteiger partial charge in [-0.1, -0.05) is 54.1 Å².